The predicted octanol–water partition coefficient (Wildman–Crippen LogP) is -0.525. The van der Waals surface area contributed by atoms with Crippen LogP contribution in [0.3, 0.4) is 0 Å². The molecule has 1 aliphatic rings. The van der Waals surface area contributed by atoms with E-state index in [1.807, 2.05) is 0 Å². The summed E-state index contributed by atoms with van der Waals surface area (Å²) in [5, 5.41) is 40.6. The van der Waals surface area contributed by atoms with Crippen LogP contribution in [0.25, 0.3) is 0 Å². The Hall–Kier alpha value is -2.35. The highest BCUT2D eigenvalue weighted by Gasteiger charge is 2.36. The molecule has 0 radical (unpaired) electrons. The number of amides is 3. The minimum atomic E-state index is -1.25. The maximum atomic E-state index is 12.3. The lowest BCUT2D eigenvalue weighted by Gasteiger charge is -2.39. The van der Waals surface area contributed by atoms with Crippen LogP contribution in [-0.4, -0.2) is 210 Å². The number of rotatable bonds is 18. The Bertz CT molecular complexity index is 796. The van der Waals surface area contributed by atoms with Gasteiger partial charge in [-0.15, -0.1) is 0 Å². The first kappa shape index (κ1) is 38.7. The number of carbonyl (C=O) groups is 3. The van der Waals surface area contributed by atoms with Crippen molar-refractivity contribution in [2.45, 2.75) is 12.1 Å². The molecule has 1 fully saturated rings. The Morgan fingerprint density at radius 3 is 1.60 bits per heavy atom. The van der Waals surface area contributed by atoms with E-state index in [0.717, 1.165) is 9.80 Å². The summed E-state index contributed by atoms with van der Waals surface area (Å²) in [5.74, 6) is 0. The van der Waals surface area contributed by atoms with Crippen molar-refractivity contribution < 1.29 is 67.7 Å². The molecule has 0 aromatic carbocycles. The second-order valence-electron chi connectivity index (χ2n) is 10.2. The number of carboxylic acid groups (broad SMARTS) is 3. The van der Waals surface area contributed by atoms with Crippen LogP contribution in [0.4, 0.5) is 14.4 Å². The van der Waals surface area contributed by atoms with Gasteiger partial charge in [0.2, 0.25) is 0 Å². The van der Waals surface area contributed by atoms with E-state index in [1.165, 1.54) is 7.05 Å². The number of methoxy groups -OCH3 is 2. The quantitative estimate of drug-likeness (QED) is 0.112. The smallest absolute Gasteiger partial charge is 0.465 e. The standard InChI is InChI=1S/C26H50N4O13/c1-30(26(36)37)10-8-27(4-5-28(24(32)33)6-7-29(9-11-30)25(34)35)22(20-42-18-16-40-14-12-38-2)23(31)21-43-19-17-41-15-13-39-3/h22-23,31H,4-21H2,1-3H3,(H2-,32,33,34,35,36,37)/p+1. The van der Waals surface area contributed by atoms with Crippen LogP contribution in [0.1, 0.15) is 0 Å². The van der Waals surface area contributed by atoms with Gasteiger partial charge < -0.3 is 58.6 Å². The molecule has 1 heterocycles. The van der Waals surface area contributed by atoms with Crippen LogP contribution < -0.4 is 0 Å². The van der Waals surface area contributed by atoms with Gasteiger partial charge in [-0.3, -0.25) is 4.90 Å². The number of ether oxygens (including phenoxy) is 6. The predicted molar refractivity (Wildman–Crippen MR) is 152 cm³/mol. The van der Waals surface area contributed by atoms with E-state index in [4.69, 9.17) is 28.4 Å². The number of quaternary nitrogens is 1. The highest BCUT2D eigenvalue weighted by Crippen LogP contribution is 2.13. The SMILES string of the molecule is COCCOCCOCC(O)C(COCCOCCOC)N1CCN(C(=O)O)CCN(C(=O)O)CC[N+](C)(C(=O)O)CC1. The number of likely N-dealkylation sites (N-methyl/N-ethyl adjacent to an activating group) is 1. The molecule has 17 nitrogen and oxygen atoms in total. The van der Waals surface area contributed by atoms with Gasteiger partial charge in [0.15, 0.2) is 0 Å². The molecule has 3 atom stereocenters. The fourth-order valence-electron chi connectivity index (χ4n) is 4.24. The molecule has 0 saturated carbocycles. The van der Waals surface area contributed by atoms with Crippen LogP contribution >= 0.6 is 0 Å². The van der Waals surface area contributed by atoms with Gasteiger partial charge in [0, 0.05) is 46.9 Å². The molecule has 0 spiro atoms. The van der Waals surface area contributed by atoms with E-state index >= 15 is 0 Å². The number of hydrogen-bond acceptors (Lipinski definition) is 11. The van der Waals surface area contributed by atoms with Crippen molar-refractivity contribution in [3.8, 4) is 0 Å². The largest absolute Gasteiger partial charge is 0.513 e. The first-order valence-corrected chi connectivity index (χ1v) is 14.3. The van der Waals surface area contributed by atoms with Crippen LogP contribution in [0.15, 0.2) is 0 Å². The second kappa shape index (κ2) is 22.2. The van der Waals surface area contributed by atoms with Crippen molar-refractivity contribution in [2.24, 2.45) is 0 Å². The van der Waals surface area contributed by atoms with Crippen molar-refractivity contribution in [3.05, 3.63) is 0 Å². The molecular weight excluding hydrogens is 576 g/mol. The van der Waals surface area contributed by atoms with E-state index in [2.05, 4.69) is 0 Å². The molecule has 43 heavy (non-hydrogen) atoms. The third-order valence-electron chi connectivity index (χ3n) is 7.14. The van der Waals surface area contributed by atoms with Gasteiger partial charge in [0.05, 0.1) is 91.8 Å². The highest BCUT2D eigenvalue weighted by atomic mass is 16.5. The zero-order valence-electron chi connectivity index (χ0n) is 25.6. The van der Waals surface area contributed by atoms with Gasteiger partial charge in [0.25, 0.3) is 0 Å². The summed E-state index contributed by atoms with van der Waals surface area (Å²) in [6.07, 6.45) is -4.66. The second-order valence-corrected chi connectivity index (χ2v) is 10.2. The van der Waals surface area contributed by atoms with Gasteiger partial charge >= 0.3 is 18.3 Å². The lowest BCUT2D eigenvalue weighted by molar-refractivity contribution is -0.836. The summed E-state index contributed by atoms with van der Waals surface area (Å²) < 4.78 is 31.7. The Balaban J connectivity index is 3.08. The molecule has 17 heteroatoms. The Kier molecular flexibility index (Phi) is 20.0. The minimum absolute atomic E-state index is 0.00285. The highest BCUT2D eigenvalue weighted by molar-refractivity contribution is 5.66. The van der Waals surface area contributed by atoms with Gasteiger partial charge in [-0.25, -0.2) is 14.1 Å². The Labute approximate surface area is 252 Å². The van der Waals surface area contributed by atoms with Crippen molar-refractivity contribution in [1.82, 2.24) is 14.7 Å². The topological polar surface area (TPSA) is 197 Å². The molecule has 0 aromatic heterocycles. The molecule has 252 valence electrons. The summed E-state index contributed by atoms with van der Waals surface area (Å²) >= 11 is 0. The third-order valence-corrected chi connectivity index (χ3v) is 7.14. The van der Waals surface area contributed by atoms with Gasteiger partial charge in [-0.05, 0) is 0 Å². The molecule has 1 saturated heterocycles. The third kappa shape index (κ3) is 15.8. The summed E-state index contributed by atoms with van der Waals surface area (Å²) in [6.45, 7) is 2.72. The summed E-state index contributed by atoms with van der Waals surface area (Å²) in [5.41, 5.74) is 0. The number of nitrogens with zero attached hydrogens (tertiary/aromatic N) is 4. The Morgan fingerprint density at radius 1 is 0.651 bits per heavy atom. The minimum Gasteiger partial charge on any atom is -0.465 e. The molecule has 0 bridgehead atoms. The van der Waals surface area contributed by atoms with E-state index in [-0.39, 0.29) is 78.8 Å². The lowest BCUT2D eigenvalue weighted by atomic mass is 10.1. The summed E-state index contributed by atoms with van der Waals surface area (Å²) in [4.78, 5) is 39.9. The van der Waals surface area contributed by atoms with Crippen molar-refractivity contribution in [1.29, 1.82) is 0 Å². The van der Waals surface area contributed by atoms with Gasteiger partial charge in [0.1, 0.15) is 13.1 Å². The maximum Gasteiger partial charge on any atom is 0.513 e. The zero-order chi connectivity index (χ0) is 32.1. The van der Waals surface area contributed by atoms with Gasteiger partial charge in [-0.1, -0.05) is 0 Å². The van der Waals surface area contributed by atoms with Crippen LogP contribution in [0.2, 0.25) is 0 Å². The van der Waals surface area contributed by atoms with Crippen LogP contribution in [0, 0.1) is 0 Å². The average molecular weight is 628 g/mol. The number of aliphatic hydroxyl groups is 1. The van der Waals surface area contributed by atoms with E-state index < -0.39 is 34.9 Å². The van der Waals surface area contributed by atoms with E-state index in [9.17, 15) is 34.8 Å². The van der Waals surface area contributed by atoms with Gasteiger partial charge in [-0.2, -0.15) is 4.79 Å². The molecule has 1 rings (SSSR count). The summed E-state index contributed by atoms with van der Waals surface area (Å²) in [7, 11) is 4.64. The van der Waals surface area contributed by atoms with E-state index in [1.54, 1.807) is 19.1 Å². The normalized spacial score (nSPS) is 20.7. The summed E-state index contributed by atoms with van der Waals surface area (Å²) in [6, 6.07) is -0.676. The van der Waals surface area contributed by atoms with E-state index in [0.29, 0.717) is 39.6 Å². The lowest BCUT2D eigenvalue weighted by Crippen LogP contribution is -2.59. The molecule has 4 N–H and O–H groups in total. The van der Waals surface area contributed by atoms with Crippen LogP contribution in [0.5, 0.6) is 0 Å². The number of aliphatic hydroxyl groups excluding tert-OH is 1. The van der Waals surface area contributed by atoms with Crippen LogP contribution in [-0.2, 0) is 28.4 Å². The molecule has 3 unspecified atom stereocenters. The molecule has 1 aliphatic heterocycles. The molecule has 3 amide bonds. The average Bonchev–Trinajstić information content (AvgIpc) is 2.96. The first-order valence-electron chi connectivity index (χ1n) is 14.3. The Morgan fingerprint density at radius 2 is 1.09 bits per heavy atom. The molecular formula is C26H51N4O13+. The fourth-order valence-corrected chi connectivity index (χ4v) is 4.24. The van der Waals surface area contributed by atoms with Crippen molar-refractivity contribution in [2.75, 3.05) is 140 Å². The first-order chi connectivity index (χ1) is 20.6. The molecule has 0 aliphatic carbocycles. The fraction of sp³-hybridized carbons (Fsp3) is 0.885. The molecule has 0 aromatic rings. The zero-order valence-corrected chi connectivity index (χ0v) is 25.6. The maximum absolute atomic E-state index is 12.3. The van der Waals surface area contributed by atoms with Crippen molar-refractivity contribution in [3.63, 3.8) is 0 Å². The monoisotopic (exact) mass is 627 g/mol. The van der Waals surface area contributed by atoms with Crippen molar-refractivity contribution >= 4 is 18.3 Å². The number of hydrogen-bond donors (Lipinski definition) is 4.